The van der Waals surface area contributed by atoms with Crippen molar-refractivity contribution in [1.82, 2.24) is 4.98 Å². The van der Waals surface area contributed by atoms with Crippen LogP contribution in [0.2, 0.25) is 0 Å². The fourth-order valence-electron chi connectivity index (χ4n) is 2.39. The molecule has 3 nitrogen and oxygen atoms in total. The van der Waals surface area contributed by atoms with Crippen molar-refractivity contribution < 1.29 is 8.76 Å². The van der Waals surface area contributed by atoms with Crippen molar-refractivity contribution >= 4 is 11.1 Å². The Morgan fingerprint density at radius 3 is 2.27 bits per heavy atom. The van der Waals surface area contributed by atoms with E-state index in [-0.39, 0.29) is 5.75 Å². The molecule has 22 heavy (non-hydrogen) atoms. The van der Waals surface area contributed by atoms with E-state index in [2.05, 4.69) is 4.98 Å². The van der Waals surface area contributed by atoms with E-state index in [1.807, 2.05) is 66.7 Å². The molecule has 2 aromatic carbocycles. The molecule has 0 fully saturated rings. The normalized spacial score (nSPS) is 12.0. The Morgan fingerprint density at radius 2 is 1.59 bits per heavy atom. The summed E-state index contributed by atoms with van der Waals surface area (Å²) in [5.41, 5.74) is 4.93. The Balaban J connectivity index is 2.00. The van der Waals surface area contributed by atoms with Crippen molar-refractivity contribution in [2.45, 2.75) is 5.75 Å². The van der Waals surface area contributed by atoms with Gasteiger partial charge in [-0.2, -0.15) is 0 Å². The predicted molar refractivity (Wildman–Crippen MR) is 89.6 cm³/mol. The molecule has 1 heterocycles. The molecule has 1 N–H and O–H groups in total. The van der Waals surface area contributed by atoms with E-state index in [0.29, 0.717) is 0 Å². The lowest BCUT2D eigenvalue weighted by Gasteiger charge is -2.09. The Bertz CT molecular complexity index is 786. The average Bonchev–Trinajstić information content (AvgIpc) is 2.56. The average molecular weight is 309 g/mol. The van der Waals surface area contributed by atoms with Crippen molar-refractivity contribution in [3.8, 4) is 22.4 Å². The van der Waals surface area contributed by atoms with E-state index in [4.69, 9.17) is 4.55 Å². The van der Waals surface area contributed by atoms with Crippen molar-refractivity contribution in [3.05, 3.63) is 78.5 Å². The Labute approximate surface area is 132 Å². The smallest absolute Gasteiger partial charge is 0.157 e. The zero-order valence-electron chi connectivity index (χ0n) is 11.8. The van der Waals surface area contributed by atoms with Gasteiger partial charge in [0.05, 0.1) is 11.4 Å². The highest BCUT2D eigenvalue weighted by molar-refractivity contribution is 7.78. The molecule has 0 bridgehead atoms. The van der Waals surface area contributed by atoms with Gasteiger partial charge in [0.25, 0.3) is 0 Å². The minimum Gasteiger partial charge on any atom is -0.306 e. The fourth-order valence-corrected chi connectivity index (χ4v) is 2.87. The van der Waals surface area contributed by atoms with Gasteiger partial charge in [-0.3, -0.25) is 4.98 Å². The highest BCUT2D eigenvalue weighted by Crippen LogP contribution is 2.30. The third kappa shape index (κ3) is 3.30. The minimum atomic E-state index is -1.81. The maximum absolute atomic E-state index is 10.9. The lowest BCUT2D eigenvalue weighted by atomic mass is 9.99. The molecule has 0 amide bonds. The molecule has 0 spiro atoms. The number of benzene rings is 2. The summed E-state index contributed by atoms with van der Waals surface area (Å²) in [5, 5.41) is 0. The van der Waals surface area contributed by atoms with Gasteiger partial charge in [0.15, 0.2) is 11.1 Å². The van der Waals surface area contributed by atoms with Crippen LogP contribution in [0.15, 0.2) is 72.9 Å². The van der Waals surface area contributed by atoms with E-state index < -0.39 is 11.1 Å². The van der Waals surface area contributed by atoms with Gasteiger partial charge >= 0.3 is 0 Å². The van der Waals surface area contributed by atoms with Gasteiger partial charge in [0, 0.05) is 17.3 Å². The van der Waals surface area contributed by atoms with Crippen LogP contribution in [0.25, 0.3) is 22.4 Å². The van der Waals surface area contributed by atoms with Gasteiger partial charge in [0.2, 0.25) is 0 Å². The van der Waals surface area contributed by atoms with Crippen molar-refractivity contribution in [2.75, 3.05) is 0 Å². The third-order valence-corrected chi connectivity index (χ3v) is 3.99. The lowest BCUT2D eigenvalue weighted by Crippen LogP contribution is -1.93. The number of rotatable bonds is 4. The molecule has 4 heteroatoms. The summed E-state index contributed by atoms with van der Waals surface area (Å²) in [4.78, 5) is 4.51. The number of pyridine rings is 1. The van der Waals surface area contributed by atoms with Crippen molar-refractivity contribution in [3.63, 3.8) is 0 Å². The Hall–Kier alpha value is -2.30. The second-order valence-electron chi connectivity index (χ2n) is 4.93. The SMILES string of the molecule is O=S(O)Cc1ccc(-c2cccnc2-c2ccccc2)cc1. The first-order chi connectivity index (χ1) is 10.7. The largest absolute Gasteiger partial charge is 0.306 e. The van der Waals surface area contributed by atoms with Crippen LogP contribution >= 0.6 is 0 Å². The standard InChI is InChI=1S/C18H15NO2S/c20-22(21)13-14-8-10-15(11-9-14)17-7-4-12-19-18(17)16-5-2-1-3-6-16/h1-12H,13H2,(H,20,21). The van der Waals surface area contributed by atoms with E-state index in [9.17, 15) is 4.21 Å². The molecule has 0 aliphatic carbocycles. The topological polar surface area (TPSA) is 50.2 Å². The van der Waals surface area contributed by atoms with Crippen LogP contribution in [-0.4, -0.2) is 13.7 Å². The van der Waals surface area contributed by atoms with Gasteiger partial charge in [-0.15, -0.1) is 0 Å². The van der Waals surface area contributed by atoms with Crippen molar-refractivity contribution in [1.29, 1.82) is 0 Å². The quantitative estimate of drug-likeness (QED) is 0.737. The molecule has 1 aromatic heterocycles. The molecule has 0 saturated carbocycles. The summed E-state index contributed by atoms with van der Waals surface area (Å²) in [6, 6.07) is 21.7. The third-order valence-electron chi connectivity index (χ3n) is 3.41. The Morgan fingerprint density at radius 1 is 0.864 bits per heavy atom. The molecule has 1 unspecified atom stereocenters. The van der Waals surface area contributed by atoms with Crippen molar-refractivity contribution in [2.24, 2.45) is 0 Å². The number of hydrogen-bond donors (Lipinski definition) is 1. The molecule has 0 saturated heterocycles. The van der Waals surface area contributed by atoms with Crippen LogP contribution in [0, 0.1) is 0 Å². The van der Waals surface area contributed by atoms with Crippen LogP contribution in [0.3, 0.4) is 0 Å². The summed E-state index contributed by atoms with van der Waals surface area (Å²) in [6.45, 7) is 0. The maximum atomic E-state index is 10.9. The highest BCUT2D eigenvalue weighted by Gasteiger charge is 2.08. The monoisotopic (exact) mass is 309 g/mol. The van der Waals surface area contributed by atoms with E-state index in [1.54, 1.807) is 6.20 Å². The summed E-state index contributed by atoms with van der Waals surface area (Å²) in [6.07, 6.45) is 1.79. The van der Waals surface area contributed by atoms with E-state index in [0.717, 1.165) is 27.9 Å². The molecule has 1 atom stereocenters. The molecular weight excluding hydrogens is 294 g/mol. The highest BCUT2D eigenvalue weighted by atomic mass is 32.2. The first kappa shape index (κ1) is 14.6. The molecule has 0 aliphatic heterocycles. The molecule has 0 aliphatic rings. The molecule has 3 rings (SSSR count). The summed E-state index contributed by atoms with van der Waals surface area (Å²) < 4.78 is 19.8. The van der Waals surface area contributed by atoms with Crippen LogP contribution in [-0.2, 0) is 16.8 Å². The molecule has 0 radical (unpaired) electrons. The second kappa shape index (κ2) is 6.64. The van der Waals surface area contributed by atoms with E-state index >= 15 is 0 Å². The number of hydrogen-bond acceptors (Lipinski definition) is 2. The van der Waals surface area contributed by atoms with Gasteiger partial charge in [-0.05, 0) is 17.2 Å². The maximum Gasteiger partial charge on any atom is 0.157 e. The van der Waals surface area contributed by atoms with Gasteiger partial charge < -0.3 is 4.55 Å². The first-order valence-electron chi connectivity index (χ1n) is 6.91. The van der Waals surface area contributed by atoms with Crippen LogP contribution in [0.5, 0.6) is 0 Å². The molecular formula is C18H15NO2S. The summed E-state index contributed by atoms with van der Waals surface area (Å²) >= 11 is -1.81. The van der Waals surface area contributed by atoms with Gasteiger partial charge in [-0.1, -0.05) is 60.7 Å². The fraction of sp³-hybridized carbons (Fsp3) is 0.0556. The van der Waals surface area contributed by atoms with Crippen LogP contribution in [0.4, 0.5) is 0 Å². The van der Waals surface area contributed by atoms with E-state index in [1.165, 1.54) is 0 Å². The molecule has 3 aromatic rings. The number of nitrogens with zero attached hydrogens (tertiary/aromatic N) is 1. The zero-order chi connectivity index (χ0) is 15.4. The van der Waals surface area contributed by atoms with Gasteiger partial charge in [0.1, 0.15) is 0 Å². The van der Waals surface area contributed by atoms with Gasteiger partial charge in [-0.25, -0.2) is 4.21 Å². The first-order valence-corrected chi connectivity index (χ1v) is 8.19. The number of aromatic nitrogens is 1. The Kier molecular flexibility index (Phi) is 4.42. The van der Waals surface area contributed by atoms with Crippen LogP contribution < -0.4 is 0 Å². The lowest BCUT2D eigenvalue weighted by molar-refractivity contribution is 0.563. The summed E-state index contributed by atoms with van der Waals surface area (Å²) in [7, 11) is 0. The molecule has 110 valence electrons. The minimum absolute atomic E-state index is 0.152. The predicted octanol–water partition coefficient (Wildman–Crippen LogP) is 4.14. The second-order valence-corrected chi connectivity index (χ2v) is 5.86. The summed E-state index contributed by atoms with van der Waals surface area (Å²) in [5.74, 6) is 0.152. The zero-order valence-corrected chi connectivity index (χ0v) is 12.7. The van der Waals surface area contributed by atoms with Crippen LogP contribution in [0.1, 0.15) is 5.56 Å².